The van der Waals surface area contributed by atoms with Crippen molar-refractivity contribution in [2.75, 3.05) is 0 Å². The maximum atomic E-state index is 12.5. The summed E-state index contributed by atoms with van der Waals surface area (Å²) in [4.78, 5) is 21.5. The molecule has 25 heavy (non-hydrogen) atoms. The van der Waals surface area contributed by atoms with Gasteiger partial charge in [0.2, 0.25) is 0 Å². The van der Waals surface area contributed by atoms with Crippen LogP contribution in [0.25, 0.3) is 0 Å². The van der Waals surface area contributed by atoms with E-state index in [0.717, 1.165) is 0 Å². The molecule has 0 N–H and O–H groups in total. The van der Waals surface area contributed by atoms with Gasteiger partial charge < -0.3 is 4.74 Å². The Balaban J connectivity index is 5.87. The first-order valence-electron chi connectivity index (χ1n) is 7.63. The molecule has 0 aliphatic rings. The summed E-state index contributed by atoms with van der Waals surface area (Å²) in [5.74, 6) is 16.9. The van der Waals surface area contributed by atoms with Gasteiger partial charge in [-0.1, -0.05) is 37.5 Å². The highest BCUT2D eigenvalue weighted by Crippen LogP contribution is 2.27. The number of hydrogen-bond donors (Lipinski definition) is 0. The van der Waals surface area contributed by atoms with Crippen molar-refractivity contribution in [2.24, 2.45) is 11.3 Å². The van der Waals surface area contributed by atoms with Gasteiger partial charge >= 0.3 is 5.97 Å². The summed E-state index contributed by atoms with van der Waals surface area (Å²) >= 11 is 0. The second-order valence-corrected chi connectivity index (χ2v) is 4.40. The minimum atomic E-state index is -1.42. The molecule has 0 saturated heterocycles. The van der Waals surface area contributed by atoms with Crippen LogP contribution in [0.2, 0.25) is 0 Å². The number of carbonyl (C=O) groups excluding carboxylic acids is 1. The van der Waals surface area contributed by atoms with Crippen LogP contribution in [-0.2, 0) is 19.3 Å². The van der Waals surface area contributed by atoms with Crippen LogP contribution in [0, 0.1) is 71.4 Å². The highest BCUT2D eigenvalue weighted by Gasteiger charge is 2.40. The average molecular weight is 336 g/mol. The van der Waals surface area contributed by atoms with E-state index in [1.54, 1.807) is 19.9 Å². The van der Waals surface area contributed by atoms with E-state index >= 15 is 0 Å². The molecule has 4 nitrogen and oxygen atoms in total. The van der Waals surface area contributed by atoms with Gasteiger partial charge in [0.15, 0.2) is 23.5 Å². The fourth-order valence-corrected chi connectivity index (χ4v) is 1.55. The van der Waals surface area contributed by atoms with Gasteiger partial charge in [-0.3, -0.25) is 4.79 Å². The maximum Gasteiger partial charge on any atom is 0.329 e. The summed E-state index contributed by atoms with van der Waals surface area (Å²) in [7, 11) is 0. The molecule has 0 aliphatic heterocycles. The third-order valence-electron chi connectivity index (χ3n) is 2.63. The molecule has 0 spiro atoms. The van der Waals surface area contributed by atoms with E-state index in [4.69, 9.17) is 11.2 Å². The number of terminal acetylenes is 1. The second kappa shape index (κ2) is 13.1. The van der Waals surface area contributed by atoms with Crippen LogP contribution in [-0.4, -0.2) is 5.97 Å². The Morgan fingerprint density at radius 3 is 2.44 bits per heavy atom. The summed E-state index contributed by atoms with van der Waals surface area (Å²) in [6.45, 7) is 6.93. The van der Waals surface area contributed by atoms with Crippen LogP contribution < -0.4 is 0 Å². The Morgan fingerprint density at radius 2 is 1.88 bits per heavy atom. The van der Waals surface area contributed by atoms with Crippen molar-refractivity contribution in [1.82, 2.24) is 0 Å². The molecule has 2 unspecified atom stereocenters. The highest BCUT2D eigenvalue weighted by molar-refractivity contribution is 5.80. The third kappa shape index (κ3) is 7.62. The number of allylic oxidation sites excluding steroid dienone is 1. The van der Waals surface area contributed by atoms with Gasteiger partial charge in [0.25, 0.3) is 0 Å². The zero-order valence-corrected chi connectivity index (χ0v) is 14.9. The summed E-state index contributed by atoms with van der Waals surface area (Å²) in [5.41, 5.74) is -1.42. The number of esters is 1. The van der Waals surface area contributed by atoms with E-state index in [0.29, 0.717) is 12.8 Å². The van der Waals surface area contributed by atoms with E-state index in [-0.39, 0.29) is 0 Å². The van der Waals surface area contributed by atoms with Crippen molar-refractivity contribution < 1.29 is 19.3 Å². The molecule has 0 saturated carbocycles. The molecule has 0 heterocycles. The molecule has 0 rings (SSSR count). The Hall–Kier alpha value is -3.39. The second-order valence-electron chi connectivity index (χ2n) is 4.40. The lowest BCUT2D eigenvalue weighted by Gasteiger charge is -2.21. The summed E-state index contributed by atoms with van der Waals surface area (Å²) < 4.78 is 5.08. The fourth-order valence-electron chi connectivity index (χ4n) is 1.55. The standard InChI is InChI=1S/C21H20O4/c1-6-11-15-21(10-5,14-8-3)19(13-18-25-24-16-9-4)20(22)23-17-12-7-2/h5,12,17,19H,6-7H2,1-4H3. The summed E-state index contributed by atoms with van der Waals surface area (Å²) in [6, 6.07) is 0. The molecular formula is C21H20O4. The molecule has 0 amide bonds. The number of rotatable bonds is 5. The smallest absolute Gasteiger partial charge is 0.329 e. The van der Waals surface area contributed by atoms with Crippen LogP contribution in [0.3, 0.4) is 0 Å². The predicted octanol–water partition coefficient (Wildman–Crippen LogP) is 3.02. The van der Waals surface area contributed by atoms with Crippen molar-refractivity contribution in [2.45, 2.75) is 40.5 Å². The molecule has 2 atom stereocenters. The molecular weight excluding hydrogens is 316 g/mol. The number of carbonyl (C=O) groups is 1. The molecule has 0 aromatic carbocycles. The first-order chi connectivity index (χ1) is 12.1. The SMILES string of the molecule is C#CC(C#CC)(C#CCC)C(C#COOC#CC)C(=O)OC=CCC. The minimum absolute atomic E-state index is 0.547. The van der Waals surface area contributed by atoms with Gasteiger partial charge in [-0.25, -0.2) is 9.78 Å². The molecule has 0 aliphatic carbocycles. The van der Waals surface area contributed by atoms with E-state index < -0.39 is 17.3 Å². The molecule has 4 heteroatoms. The molecule has 0 aromatic heterocycles. The van der Waals surface area contributed by atoms with Gasteiger partial charge in [0, 0.05) is 13.3 Å². The van der Waals surface area contributed by atoms with Crippen molar-refractivity contribution in [3.8, 4) is 60.1 Å². The Morgan fingerprint density at radius 1 is 1.16 bits per heavy atom. The fraction of sp³-hybridized carbons (Fsp3) is 0.381. The Kier molecular flexibility index (Phi) is 11.3. The maximum absolute atomic E-state index is 12.5. The summed E-state index contributed by atoms with van der Waals surface area (Å²) in [5, 5.41) is 0. The number of ether oxygens (including phenoxy) is 1. The molecule has 0 aromatic rings. The zero-order valence-electron chi connectivity index (χ0n) is 14.9. The Bertz CT molecular complexity index is 754. The van der Waals surface area contributed by atoms with Crippen LogP contribution >= 0.6 is 0 Å². The van der Waals surface area contributed by atoms with Crippen LogP contribution in [0.1, 0.15) is 40.5 Å². The van der Waals surface area contributed by atoms with Crippen molar-refractivity contribution >= 4 is 5.97 Å². The average Bonchev–Trinajstić information content (AvgIpc) is 2.62. The molecule has 0 fully saturated rings. The highest BCUT2D eigenvalue weighted by atomic mass is 17.2. The Labute approximate surface area is 150 Å². The third-order valence-corrected chi connectivity index (χ3v) is 2.63. The molecule has 0 bridgehead atoms. The largest absolute Gasteiger partial charge is 0.434 e. The topological polar surface area (TPSA) is 44.8 Å². The lowest BCUT2D eigenvalue weighted by molar-refractivity contribution is -0.167. The van der Waals surface area contributed by atoms with Crippen LogP contribution in [0.4, 0.5) is 0 Å². The first kappa shape index (κ1) is 21.6. The zero-order chi connectivity index (χ0) is 19.0. The van der Waals surface area contributed by atoms with E-state index in [1.165, 1.54) is 6.26 Å². The van der Waals surface area contributed by atoms with Crippen molar-refractivity contribution in [1.29, 1.82) is 0 Å². The van der Waals surface area contributed by atoms with Gasteiger partial charge in [-0.05, 0) is 25.3 Å². The van der Waals surface area contributed by atoms with E-state index in [9.17, 15) is 4.79 Å². The van der Waals surface area contributed by atoms with Gasteiger partial charge in [0.05, 0.1) is 6.26 Å². The van der Waals surface area contributed by atoms with Crippen LogP contribution in [0.15, 0.2) is 12.3 Å². The lowest BCUT2D eigenvalue weighted by atomic mass is 9.77. The van der Waals surface area contributed by atoms with E-state index in [1.807, 2.05) is 13.8 Å². The monoisotopic (exact) mass is 336 g/mol. The predicted molar refractivity (Wildman–Crippen MR) is 95.2 cm³/mol. The molecule has 0 radical (unpaired) electrons. The van der Waals surface area contributed by atoms with Crippen molar-refractivity contribution in [3.63, 3.8) is 0 Å². The quantitative estimate of drug-likeness (QED) is 0.193. The minimum Gasteiger partial charge on any atom is -0.434 e. The van der Waals surface area contributed by atoms with Gasteiger partial charge in [-0.15, -0.1) is 18.3 Å². The number of hydrogen-bond acceptors (Lipinski definition) is 4. The lowest BCUT2D eigenvalue weighted by Crippen LogP contribution is -2.32. The normalized spacial score (nSPS) is 12.0. The first-order valence-corrected chi connectivity index (χ1v) is 7.63. The van der Waals surface area contributed by atoms with E-state index in [2.05, 4.69) is 63.4 Å². The van der Waals surface area contributed by atoms with Gasteiger partial charge in [-0.2, -0.15) is 0 Å². The van der Waals surface area contributed by atoms with Crippen LogP contribution in [0.5, 0.6) is 0 Å². The summed E-state index contributed by atoms with van der Waals surface area (Å²) in [6.07, 6.45) is 14.3. The molecule has 128 valence electrons. The van der Waals surface area contributed by atoms with Gasteiger partial charge in [0.1, 0.15) is 0 Å². The van der Waals surface area contributed by atoms with Crippen molar-refractivity contribution in [3.05, 3.63) is 12.3 Å².